The van der Waals surface area contributed by atoms with Gasteiger partial charge in [-0.05, 0) is 43.4 Å². The molecule has 2 unspecified atom stereocenters. The van der Waals surface area contributed by atoms with Crippen molar-refractivity contribution in [1.29, 1.82) is 0 Å². The molecule has 0 bridgehead atoms. The van der Waals surface area contributed by atoms with Crippen molar-refractivity contribution < 1.29 is 17.9 Å². The van der Waals surface area contributed by atoms with Crippen LogP contribution in [0.25, 0.3) is 0 Å². The number of carbonyl (C=O) groups is 1. The number of esters is 1. The Kier molecular flexibility index (Phi) is 4.91. The Morgan fingerprint density at radius 1 is 1.33 bits per heavy atom. The van der Waals surface area contributed by atoms with Crippen molar-refractivity contribution >= 4 is 27.6 Å². The summed E-state index contributed by atoms with van der Waals surface area (Å²) >= 11 is 5.79. The van der Waals surface area contributed by atoms with Crippen molar-refractivity contribution in [3.63, 3.8) is 0 Å². The molecular weight excluding hydrogens is 314 g/mol. The van der Waals surface area contributed by atoms with E-state index in [2.05, 4.69) is 6.92 Å². The lowest BCUT2D eigenvalue weighted by Crippen LogP contribution is -2.28. The lowest BCUT2D eigenvalue weighted by Gasteiger charge is -2.28. The van der Waals surface area contributed by atoms with Crippen LogP contribution in [0.15, 0.2) is 23.1 Å². The summed E-state index contributed by atoms with van der Waals surface area (Å²) in [5.41, 5.74) is 0.140. The van der Waals surface area contributed by atoms with E-state index in [-0.39, 0.29) is 21.6 Å². The Hall–Kier alpha value is -1.11. The molecule has 0 aromatic heterocycles. The molecule has 0 amide bonds. The van der Waals surface area contributed by atoms with E-state index in [1.54, 1.807) is 0 Å². The second kappa shape index (κ2) is 6.34. The summed E-state index contributed by atoms with van der Waals surface area (Å²) in [6.45, 7) is 2.05. The molecule has 1 aliphatic carbocycles. The van der Waals surface area contributed by atoms with Gasteiger partial charge in [-0.1, -0.05) is 24.9 Å². The molecule has 21 heavy (non-hydrogen) atoms. The Bertz CT molecular complexity index is 644. The first-order valence-corrected chi connectivity index (χ1v) is 8.75. The number of ether oxygens (including phenoxy) is 1. The fraction of sp³-hybridized carbons (Fsp3) is 0.500. The second-order valence-corrected chi connectivity index (χ2v) is 7.33. The molecule has 1 aliphatic rings. The molecular formula is C14H18ClNO4S. The smallest absolute Gasteiger partial charge is 0.338 e. The molecule has 1 fully saturated rings. The fourth-order valence-corrected chi connectivity index (χ4v) is 3.58. The summed E-state index contributed by atoms with van der Waals surface area (Å²) in [6, 6.07) is 3.93. The van der Waals surface area contributed by atoms with E-state index in [9.17, 15) is 13.2 Å². The molecule has 2 atom stereocenters. The zero-order chi connectivity index (χ0) is 15.6. The van der Waals surface area contributed by atoms with Gasteiger partial charge in [0.05, 0.1) is 10.6 Å². The van der Waals surface area contributed by atoms with Crippen LogP contribution in [0.1, 0.15) is 43.0 Å². The zero-order valence-electron chi connectivity index (χ0n) is 11.7. The van der Waals surface area contributed by atoms with Crippen LogP contribution in [0.2, 0.25) is 5.02 Å². The van der Waals surface area contributed by atoms with Gasteiger partial charge in [0.15, 0.2) is 0 Å². The van der Waals surface area contributed by atoms with E-state index < -0.39 is 16.0 Å². The van der Waals surface area contributed by atoms with Gasteiger partial charge in [-0.15, -0.1) is 0 Å². The third-order valence-corrected chi connectivity index (χ3v) is 5.16. The number of hydrogen-bond donors (Lipinski definition) is 1. The van der Waals surface area contributed by atoms with Gasteiger partial charge in [-0.25, -0.2) is 18.4 Å². The van der Waals surface area contributed by atoms with Crippen LogP contribution in [-0.4, -0.2) is 20.5 Å². The molecule has 5 nitrogen and oxygen atoms in total. The number of rotatable bonds is 3. The molecule has 2 rings (SSSR count). The molecule has 0 saturated heterocycles. The maximum absolute atomic E-state index is 12.1. The van der Waals surface area contributed by atoms with Gasteiger partial charge in [0.25, 0.3) is 0 Å². The van der Waals surface area contributed by atoms with E-state index >= 15 is 0 Å². The normalized spacial score (nSPS) is 22.8. The van der Waals surface area contributed by atoms with Crippen LogP contribution < -0.4 is 5.14 Å². The van der Waals surface area contributed by atoms with Crippen LogP contribution in [-0.2, 0) is 14.8 Å². The highest BCUT2D eigenvalue weighted by Crippen LogP contribution is 2.28. The van der Waals surface area contributed by atoms with Gasteiger partial charge in [0.1, 0.15) is 11.0 Å². The molecule has 0 heterocycles. The lowest BCUT2D eigenvalue weighted by molar-refractivity contribution is 0.00479. The Morgan fingerprint density at radius 3 is 2.62 bits per heavy atom. The monoisotopic (exact) mass is 331 g/mol. The first-order valence-electron chi connectivity index (χ1n) is 6.82. The van der Waals surface area contributed by atoms with Gasteiger partial charge in [-0.2, -0.15) is 0 Å². The van der Waals surface area contributed by atoms with Gasteiger partial charge in [0.2, 0.25) is 10.0 Å². The average Bonchev–Trinajstić information content (AvgIpc) is 2.40. The summed E-state index contributed by atoms with van der Waals surface area (Å²) in [5, 5.41) is 5.05. The molecule has 0 radical (unpaired) electrons. The van der Waals surface area contributed by atoms with Crippen LogP contribution in [0.3, 0.4) is 0 Å². The highest BCUT2D eigenvalue weighted by atomic mass is 35.5. The third-order valence-electron chi connectivity index (χ3n) is 3.76. The number of hydrogen-bond acceptors (Lipinski definition) is 4. The largest absolute Gasteiger partial charge is 0.459 e. The highest BCUT2D eigenvalue weighted by molar-refractivity contribution is 7.89. The van der Waals surface area contributed by atoms with Crippen molar-refractivity contribution in [3.05, 3.63) is 28.8 Å². The summed E-state index contributed by atoms with van der Waals surface area (Å²) in [6.07, 6.45) is 3.92. The van der Waals surface area contributed by atoms with E-state index in [0.717, 1.165) is 31.7 Å². The number of carbonyl (C=O) groups excluding carboxylic acids is 1. The lowest BCUT2D eigenvalue weighted by atomic mass is 9.88. The predicted octanol–water partition coefficient (Wildman–Crippen LogP) is 2.72. The van der Waals surface area contributed by atoms with Crippen molar-refractivity contribution in [2.45, 2.75) is 43.6 Å². The van der Waals surface area contributed by atoms with Crippen molar-refractivity contribution in [2.24, 2.45) is 11.1 Å². The molecule has 0 aliphatic heterocycles. The number of sulfonamides is 1. The fourth-order valence-electron chi connectivity index (χ4n) is 2.51. The topological polar surface area (TPSA) is 86.5 Å². The summed E-state index contributed by atoms with van der Waals surface area (Å²) in [5.74, 6) is -0.233. The average molecular weight is 332 g/mol. The van der Waals surface area contributed by atoms with Crippen molar-refractivity contribution in [3.8, 4) is 0 Å². The molecule has 0 spiro atoms. The minimum Gasteiger partial charge on any atom is -0.459 e. The first-order chi connectivity index (χ1) is 9.79. The van der Waals surface area contributed by atoms with Crippen molar-refractivity contribution in [1.82, 2.24) is 0 Å². The van der Waals surface area contributed by atoms with Gasteiger partial charge in [-0.3, -0.25) is 0 Å². The Morgan fingerprint density at radius 2 is 2.00 bits per heavy atom. The van der Waals surface area contributed by atoms with E-state index in [0.29, 0.717) is 5.92 Å². The van der Waals surface area contributed by atoms with Crippen LogP contribution in [0, 0.1) is 5.92 Å². The molecule has 1 saturated carbocycles. The number of nitrogens with two attached hydrogens (primary N) is 1. The number of primary sulfonamides is 1. The summed E-state index contributed by atoms with van der Waals surface area (Å²) in [4.78, 5) is 11.9. The van der Waals surface area contributed by atoms with Gasteiger partial charge < -0.3 is 4.74 Å². The predicted molar refractivity (Wildman–Crippen MR) is 79.7 cm³/mol. The molecule has 7 heteroatoms. The standard InChI is InChI=1S/C14H18ClNO4S/c1-9-4-2-3-5-12(9)20-14(17)10-6-7-11(15)13(8-10)21(16,18)19/h6-9,12H,2-5H2,1H3,(H2,16,18,19). The van der Waals surface area contributed by atoms with Gasteiger partial charge in [0, 0.05) is 0 Å². The summed E-state index contributed by atoms with van der Waals surface area (Å²) in [7, 11) is -3.97. The maximum Gasteiger partial charge on any atom is 0.338 e. The molecule has 2 N–H and O–H groups in total. The van der Waals surface area contributed by atoms with Crippen LogP contribution >= 0.6 is 11.6 Å². The van der Waals surface area contributed by atoms with E-state index in [4.69, 9.17) is 21.5 Å². The Balaban J connectivity index is 2.20. The Labute approximate surface area is 129 Å². The molecule has 1 aromatic carbocycles. The maximum atomic E-state index is 12.1. The summed E-state index contributed by atoms with van der Waals surface area (Å²) < 4.78 is 28.3. The molecule has 1 aromatic rings. The number of benzene rings is 1. The number of halogens is 1. The highest BCUT2D eigenvalue weighted by Gasteiger charge is 2.26. The van der Waals surface area contributed by atoms with Crippen molar-refractivity contribution in [2.75, 3.05) is 0 Å². The van der Waals surface area contributed by atoms with Crippen LogP contribution in [0.5, 0.6) is 0 Å². The quantitative estimate of drug-likeness (QED) is 0.863. The minimum absolute atomic E-state index is 0.0138. The molecule has 116 valence electrons. The van der Waals surface area contributed by atoms with Gasteiger partial charge >= 0.3 is 5.97 Å². The van der Waals surface area contributed by atoms with E-state index in [1.807, 2.05) is 0 Å². The first kappa shape index (κ1) is 16.3. The minimum atomic E-state index is -3.97. The second-order valence-electron chi connectivity index (χ2n) is 5.40. The van der Waals surface area contributed by atoms with E-state index in [1.165, 1.54) is 12.1 Å². The third kappa shape index (κ3) is 3.96. The zero-order valence-corrected chi connectivity index (χ0v) is 13.3. The van der Waals surface area contributed by atoms with Crippen LogP contribution in [0.4, 0.5) is 0 Å². The SMILES string of the molecule is CC1CCCCC1OC(=O)c1ccc(Cl)c(S(N)(=O)=O)c1.